The maximum atomic E-state index is 9.16. The Morgan fingerprint density at radius 3 is 3.06 bits per heavy atom. The van der Waals surface area contributed by atoms with Crippen molar-refractivity contribution in [3.63, 3.8) is 0 Å². The Labute approximate surface area is 105 Å². The Bertz CT molecular complexity index is 402. The summed E-state index contributed by atoms with van der Waals surface area (Å²) in [5.41, 5.74) is 6.15. The fraction of sp³-hybridized carbons (Fsp3) is 0.545. The van der Waals surface area contributed by atoms with Crippen molar-refractivity contribution in [1.29, 1.82) is 0 Å². The second-order valence-corrected chi connectivity index (χ2v) is 4.64. The number of nitrogens with two attached hydrogens (primary N) is 1. The van der Waals surface area contributed by atoms with Crippen LogP contribution in [0.25, 0.3) is 0 Å². The molecule has 0 bridgehead atoms. The minimum atomic E-state index is -0.200. The fourth-order valence-corrected chi connectivity index (χ4v) is 2.29. The Morgan fingerprint density at radius 2 is 2.41 bits per heavy atom. The van der Waals surface area contributed by atoms with Crippen molar-refractivity contribution < 1.29 is 9.84 Å². The highest BCUT2D eigenvalue weighted by Crippen LogP contribution is 2.27. The quantitative estimate of drug-likeness (QED) is 0.824. The van der Waals surface area contributed by atoms with E-state index >= 15 is 0 Å². The van der Waals surface area contributed by atoms with E-state index in [4.69, 9.17) is 27.2 Å². The van der Waals surface area contributed by atoms with Crippen molar-refractivity contribution in [2.75, 3.05) is 30.3 Å². The summed E-state index contributed by atoms with van der Waals surface area (Å²) in [5, 5.41) is 9.69. The molecule has 0 radical (unpaired) electrons. The van der Waals surface area contributed by atoms with E-state index in [9.17, 15) is 0 Å². The molecule has 1 fully saturated rings. The van der Waals surface area contributed by atoms with Gasteiger partial charge in [-0.3, -0.25) is 0 Å². The molecule has 2 atom stereocenters. The largest absolute Gasteiger partial charge is 0.397 e. The number of aliphatic hydroxyl groups excluding tert-OH is 1. The van der Waals surface area contributed by atoms with Crippen LogP contribution in [0.1, 0.15) is 6.92 Å². The molecular weight excluding hydrogens is 242 g/mol. The average Bonchev–Trinajstić information content (AvgIpc) is 2.28. The Balaban J connectivity index is 2.20. The zero-order chi connectivity index (χ0) is 12.4. The molecule has 0 aliphatic carbocycles. The third-order valence-corrected chi connectivity index (χ3v) is 2.95. The lowest BCUT2D eigenvalue weighted by Crippen LogP contribution is -2.48. The van der Waals surface area contributed by atoms with Gasteiger partial charge >= 0.3 is 0 Å². The van der Waals surface area contributed by atoms with Crippen molar-refractivity contribution in [2.45, 2.75) is 19.1 Å². The molecule has 3 N–H and O–H groups in total. The maximum absolute atomic E-state index is 9.16. The number of halogens is 1. The number of aliphatic hydroxyl groups is 1. The molecule has 0 amide bonds. The van der Waals surface area contributed by atoms with Gasteiger partial charge in [-0.05, 0) is 13.0 Å². The standard InChI is InChI=1S/C11H16ClN3O2/c1-7-4-15(5-9(6-16)17-7)11-10(12)2-8(13)3-14-11/h2-3,7,9,16H,4-6,13H2,1H3. The second kappa shape index (κ2) is 5.08. The van der Waals surface area contributed by atoms with Crippen LogP contribution in [0.5, 0.6) is 0 Å². The number of morpholine rings is 1. The van der Waals surface area contributed by atoms with Gasteiger partial charge in [-0.2, -0.15) is 0 Å². The average molecular weight is 258 g/mol. The SMILES string of the molecule is CC1CN(c2ncc(N)cc2Cl)CC(CO)O1. The van der Waals surface area contributed by atoms with E-state index in [0.29, 0.717) is 29.6 Å². The number of ether oxygens (including phenoxy) is 1. The molecule has 1 saturated heterocycles. The summed E-state index contributed by atoms with van der Waals surface area (Å²) in [5.74, 6) is 0.689. The lowest BCUT2D eigenvalue weighted by molar-refractivity contribution is -0.0422. The molecule has 0 aromatic carbocycles. The fourth-order valence-electron chi connectivity index (χ4n) is 2.00. The Morgan fingerprint density at radius 1 is 1.65 bits per heavy atom. The van der Waals surface area contributed by atoms with Gasteiger partial charge in [-0.25, -0.2) is 4.98 Å². The highest BCUT2D eigenvalue weighted by molar-refractivity contribution is 6.33. The number of hydrogen-bond acceptors (Lipinski definition) is 5. The van der Waals surface area contributed by atoms with Gasteiger partial charge < -0.3 is 20.5 Å². The third-order valence-electron chi connectivity index (χ3n) is 2.67. The first-order valence-electron chi connectivity index (χ1n) is 5.52. The van der Waals surface area contributed by atoms with E-state index in [1.54, 1.807) is 12.3 Å². The van der Waals surface area contributed by atoms with Gasteiger partial charge in [0.25, 0.3) is 0 Å². The van der Waals surface area contributed by atoms with Crippen LogP contribution < -0.4 is 10.6 Å². The van der Waals surface area contributed by atoms with Crippen LogP contribution in [0.3, 0.4) is 0 Å². The van der Waals surface area contributed by atoms with Crippen LogP contribution in [0, 0.1) is 0 Å². The molecule has 2 unspecified atom stereocenters. The minimum Gasteiger partial charge on any atom is -0.397 e. The monoisotopic (exact) mass is 257 g/mol. The summed E-state index contributed by atoms with van der Waals surface area (Å²) in [7, 11) is 0. The molecule has 6 heteroatoms. The normalized spacial score (nSPS) is 25.0. The van der Waals surface area contributed by atoms with Crippen molar-refractivity contribution in [3.8, 4) is 0 Å². The first-order chi connectivity index (χ1) is 8.10. The van der Waals surface area contributed by atoms with Crippen molar-refractivity contribution in [1.82, 2.24) is 4.98 Å². The molecule has 2 heterocycles. The van der Waals surface area contributed by atoms with E-state index < -0.39 is 0 Å². The second-order valence-electron chi connectivity index (χ2n) is 4.23. The third kappa shape index (κ3) is 2.80. The van der Waals surface area contributed by atoms with E-state index in [0.717, 1.165) is 0 Å². The number of nitrogen functional groups attached to an aromatic ring is 1. The smallest absolute Gasteiger partial charge is 0.147 e. The summed E-state index contributed by atoms with van der Waals surface area (Å²) in [6.07, 6.45) is 1.42. The zero-order valence-corrected chi connectivity index (χ0v) is 10.4. The molecule has 0 saturated carbocycles. The van der Waals surface area contributed by atoms with Crippen molar-refractivity contribution >= 4 is 23.1 Å². The van der Waals surface area contributed by atoms with E-state index in [2.05, 4.69) is 4.98 Å². The highest BCUT2D eigenvalue weighted by Gasteiger charge is 2.26. The van der Waals surface area contributed by atoms with Crippen molar-refractivity contribution in [2.24, 2.45) is 0 Å². The molecule has 1 aromatic heterocycles. The van der Waals surface area contributed by atoms with Crippen LogP contribution in [0.2, 0.25) is 5.02 Å². The van der Waals surface area contributed by atoms with Gasteiger partial charge in [0.1, 0.15) is 5.82 Å². The van der Waals surface area contributed by atoms with Crippen LogP contribution in [-0.2, 0) is 4.74 Å². The molecule has 94 valence electrons. The van der Waals surface area contributed by atoms with Gasteiger partial charge in [-0.15, -0.1) is 0 Å². The summed E-state index contributed by atoms with van der Waals surface area (Å²) >= 11 is 6.11. The van der Waals surface area contributed by atoms with Crippen molar-refractivity contribution in [3.05, 3.63) is 17.3 Å². The Hall–Kier alpha value is -1.04. The number of pyridine rings is 1. The van der Waals surface area contributed by atoms with Gasteiger partial charge in [0.2, 0.25) is 0 Å². The predicted molar refractivity (Wildman–Crippen MR) is 67.3 cm³/mol. The number of aromatic nitrogens is 1. The minimum absolute atomic E-state index is 0.00652. The van der Waals surface area contributed by atoms with Crippen LogP contribution in [0.15, 0.2) is 12.3 Å². The molecule has 0 spiro atoms. The summed E-state index contributed by atoms with van der Waals surface area (Å²) < 4.78 is 5.56. The molecule has 1 aliphatic heterocycles. The van der Waals surface area contributed by atoms with Gasteiger partial charge in [0, 0.05) is 13.1 Å². The summed E-state index contributed by atoms with van der Waals surface area (Å²) in [6.45, 7) is 3.23. The molecular formula is C11H16ClN3O2. The van der Waals surface area contributed by atoms with Gasteiger partial charge in [0.15, 0.2) is 0 Å². The number of anilines is 2. The van der Waals surface area contributed by atoms with Gasteiger partial charge in [0.05, 0.1) is 35.7 Å². The lowest BCUT2D eigenvalue weighted by Gasteiger charge is -2.37. The zero-order valence-electron chi connectivity index (χ0n) is 9.64. The van der Waals surface area contributed by atoms with Crippen LogP contribution >= 0.6 is 11.6 Å². The number of hydrogen-bond donors (Lipinski definition) is 2. The first-order valence-corrected chi connectivity index (χ1v) is 5.90. The molecule has 2 rings (SSSR count). The predicted octanol–water partition coefficient (Wildman–Crippen LogP) is 0.903. The number of rotatable bonds is 2. The van der Waals surface area contributed by atoms with E-state index in [1.807, 2.05) is 11.8 Å². The van der Waals surface area contributed by atoms with Gasteiger partial charge in [-0.1, -0.05) is 11.6 Å². The summed E-state index contributed by atoms with van der Waals surface area (Å²) in [4.78, 5) is 6.25. The molecule has 5 nitrogen and oxygen atoms in total. The van der Waals surface area contributed by atoms with Crippen LogP contribution in [0.4, 0.5) is 11.5 Å². The number of nitrogens with zero attached hydrogens (tertiary/aromatic N) is 2. The first kappa shape index (κ1) is 12.4. The molecule has 1 aliphatic rings. The lowest BCUT2D eigenvalue weighted by atomic mass is 10.2. The highest BCUT2D eigenvalue weighted by atomic mass is 35.5. The maximum Gasteiger partial charge on any atom is 0.147 e. The topological polar surface area (TPSA) is 71.6 Å². The van der Waals surface area contributed by atoms with Crippen LogP contribution in [-0.4, -0.2) is 42.0 Å². The van der Waals surface area contributed by atoms with E-state index in [1.165, 1.54) is 0 Å². The van der Waals surface area contributed by atoms with E-state index in [-0.39, 0.29) is 18.8 Å². The Kier molecular flexibility index (Phi) is 3.71. The molecule has 1 aromatic rings. The molecule has 17 heavy (non-hydrogen) atoms. The summed E-state index contributed by atoms with van der Waals surface area (Å²) in [6, 6.07) is 1.68.